The van der Waals surface area contributed by atoms with Gasteiger partial charge in [-0.2, -0.15) is 0 Å². The molecule has 0 aliphatic heterocycles. The lowest BCUT2D eigenvalue weighted by Gasteiger charge is -2.39. The molecule has 0 saturated heterocycles. The minimum atomic E-state index is -0.598. The Labute approximate surface area is 143 Å². The Morgan fingerprint density at radius 1 is 1.33 bits per heavy atom. The van der Waals surface area contributed by atoms with Gasteiger partial charge >= 0.3 is 0 Å². The van der Waals surface area contributed by atoms with Crippen molar-refractivity contribution >= 4 is 17.6 Å². The first kappa shape index (κ1) is 18.2. The summed E-state index contributed by atoms with van der Waals surface area (Å²) in [6.45, 7) is 8.83. The summed E-state index contributed by atoms with van der Waals surface area (Å²) in [5.41, 5.74) is 5.61. The van der Waals surface area contributed by atoms with Gasteiger partial charge in [-0.3, -0.25) is 9.59 Å². The van der Waals surface area contributed by atoms with E-state index >= 15 is 0 Å². The molecule has 0 radical (unpaired) electrons. The Hall–Kier alpha value is -2.11. The maximum atomic E-state index is 12.9. The van der Waals surface area contributed by atoms with Crippen LogP contribution in [0.1, 0.15) is 46.1 Å². The van der Waals surface area contributed by atoms with Crippen molar-refractivity contribution in [2.24, 2.45) is 16.7 Å². The van der Waals surface area contributed by atoms with Gasteiger partial charge in [0.15, 0.2) is 0 Å². The number of nitrogens with two attached hydrogens (primary N) is 1. The summed E-state index contributed by atoms with van der Waals surface area (Å²) in [6.07, 6.45) is 3.03. The third kappa shape index (κ3) is 3.09. The lowest BCUT2D eigenvalue weighted by atomic mass is 9.65. The second kappa shape index (κ2) is 6.79. The molecule has 1 saturated carbocycles. The molecule has 1 aromatic rings. The SMILES string of the molecule is CCNC(=O)[C@@H]1CC[C@](C)(C(=O)NCc2cccnc2N)C1(C)C. The van der Waals surface area contributed by atoms with Gasteiger partial charge < -0.3 is 16.4 Å². The van der Waals surface area contributed by atoms with Crippen LogP contribution in [0.3, 0.4) is 0 Å². The van der Waals surface area contributed by atoms with E-state index in [1.54, 1.807) is 12.3 Å². The molecule has 4 N–H and O–H groups in total. The number of anilines is 1. The highest BCUT2D eigenvalue weighted by Crippen LogP contribution is 2.56. The van der Waals surface area contributed by atoms with Crippen LogP contribution in [0, 0.1) is 16.7 Å². The Balaban J connectivity index is 2.11. The van der Waals surface area contributed by atoms with Crippen LogP contribution < -0.4 is 16.4 Å². The van der Waals surface area contributed by atoms with E-state index in [-0.39, 0.29) is 17.7 Å². The monoisotopic (exact) mass is 332 g/mol. The molecule has 0 unspecified atom stereocenters. The lowest BCUT2D eigenvalue weighted by Crippen LogP contribution is -2.49. The van der Waals surface area contributed by atoms with Crippen molar-refractivity contribution in [2.45, 2.75) is 47.1 Å². The van der Waals surface area contributed by atoms with Crippen molar-refractivity contribution < 1.29 is 9.59 Å². The van der Waals surface area contributed by atoms with Gasteiger partial charge in [-0.05, 0) is 31.2 Å². The summed E-state index contributed by atoms with van der Waals surface area (Å²) >= 11 is 0. The minimum absolute atomic E-state index is 0.0375. The fourth-order valence-electron chi connectivity index (χ4n) is 3.63. The second-order valence-corrected chi connectivity index (χ2v) is 7.27. The molecule has 1 aliphatic carbocycles. The van der Waals surface area contributed by atoms with E-state index in [0.717, 1.165) is 12.0 Å². The van der Waals surface area contributed by atoms with Crippen LogP contribution in [0.4, 0.5) is 5.82 Å². The topological polar surface area (TPSA) is 97.1 Å². The van der Waals surface area contributed by atoms with Gasteiger partial charge in [-0.25, -0.2) is 4.98 Å². The molecule has 1 fully saturated rings. The summed E-state index contributed by atoms with van der Waals surface area (Å²) in [6, 6.07) is 3.65. The van der Waals surface area contributed by atoms with E-state index in [4.69, 9.17) is 5.73 Å². The molecular weight excluding hydrogens is 304 g/mol. The molecule has 0 aromatic carbocycles. The number of hydrogen-bond acceptors (Lipinski definition) is 4. The highest BCUT2D eigenvalue weighted by Gasteiger charge is 2.57. The van der Waals surface area contributed by atoms with Crippen molar-refractivity contribution in [3.63, 3.8) is 0 Å². The van der Waals surface area contributed by atoms with Crippen LogP contribution in [0.25, 0.3) is 0 Å². The molecule has 0 bridgehead atoms. The predicted molar refractivity (Wildman–Crippen MR) is 93.8 cm³/mol. The average molecular weight is 332 g/mol. The van der Waals surface area contributed by atoms with Gasteiger partial charge in [-0.15, -0.1) is 0 Å². The number of nitrogen functional groups attached to an aromatic ring is 1. The molecule has 6 heteroatoms. The predicted octanol–water partition coefficient (Wildman–Crippen LogP) is 1.86. The molecule has 24 heavy (non-hydrogen) atoms. The van der Waals surface area contributed by atoms with Crippen molar-refractivity contribution in [3.8, 4) is 0 Å². The highest BCUT2D eigenvalue weighted by molar-refractivity contribution is 5.87. The number of pyridine rings is 1. The van der Waals surface area contributed by atoms with E-state index in [9.17, 15) is 9.59 Å². The normalized spacial score (nSPS) is 25.2. The molecule has 2 rings (SSSR count). The number of rotatable bonds is 5. The Morgan fingerprint density at radius 3 is 2.67 bits per heavy atom. The van der Waals surface area contributed by atoms with Gasteiger partial charge in [0.1, 0.15) is 5.82 Å². The zero-order valence-electron chi connectivity index (χ0n) is 15.0. The van der Waals surface area contributed by atoms with Crippen LogP contribution in [0.2, 0.25) is 0 Å². The van der Waals surface area contributed by atoms with E-state index in [1.165, 1.54) is 0 Å². The average Bonchev–Trinajstić information content (AvgIpc) is 2.77. The first-order chi connectivity index (χ1) is 11.2. The van der Waals surface area contributed by atoms with Crippen LogP contribution in [-0.2, 0) is 16.1 Å². The minimum Gasteiger partial charge on any atom is -0.383 e. The van der Waals surface area contributed by atoms with Crippen LogP contribution >= 0.6 is 0 Å². The van der Waals surface area contributed by atoms with E-state index < -0.39 is 10.8 Å². The molecule has 1 aliphatic rings. The standard InChI is InChI=1S/C18H28N4O2/c1-5-20-15(23)13-8-9-18(4,17(13,2)3)16(24)22-11-12-7-6-10-21-14(12)19/h6-7,10,13H,5,8-9,11H2,1-4H3,(H2,19,21)(H,20,23)(H,22,24)/t13-,18+/m0/s1. The number of carbonyl (C=O) groups is 2. The zero-order valence-corrected chi connectivity index (χ0v) is 15.0. The maximum Gasteiger partial charge on any atom is 0.226 e. The summed E-state index contributed by atoms with van der Waals surface area (Å²) in [7, 11) is 0. The Kier molecular flexibility index (Phi) is 5.16. The van der Waals surface area contributed by atoms with E-state index in [0.29, 0.717) is 25.3 Å². The molecule has 2 atom stereocenters. The van der Waals surface area contributed by atoms with E-state index in [1.807, 2.05) is 33.8 Å². The second-order valence-electron chi connectivity index (χ2n) is 7.27. The van der Waals surface area contributed by atoms with Crippen molar-refractivity contribution in [1.82, 2.24) is 15.6 Å². The zero-order chi connectivity index (χ0) is 18.0. The van der Waals surface area contributed by atoms with Gasteiger partial charge in [0.25, 0.3) is 0 Å². The lowest BCUT2D eigenvalue weighted by molar-refractivity contribution is -0.139. The van der Waals surface area contributed by atoms with Crippen LogP contribution in [-0.4, -0.2) is 23.3 Å². The van der Waals surface area contributed by atoms with Gasteiger partial charge in [0, 0.05) is 30.8 Å². The molecule has 6 nitrogen and oxygen atoms in total. The largest absolute Gasteiger partial charge is 0.383 e. The van der Waals surface area contributed by atoms with Gasteiger partial charge in [-0.1, -0.05) is 26.8 Å². The molecule has 132 valence electrons. The fraction of sp³-hybridized carbons (Fsp3) is 0.611. The number of carbonyl (C=O) groups excluding carboxylic acids is 2. The number of hydrogen-bond donors (Lipinski definition) is 3. The molecular formula is C18H28N4O2. The number of aromatic nitrogens is 1. The molecule has 2 amide bonds. The van der Waals surface area contributed by atoms with Crippen molar-refractivity contribution in [1.29, 1.82) is 0 Å². The highest BCUT2D eigenvalue weighted by atomic mass is 16.2. The van der Waals surface area contributed by atoms with Crippen LogP contribution in [0.5, 0.6) is 0 Å². The van der Waals surface area contributed by atoms with Crippen molar-refractivity contribution in [2.75, 3.05) is 12.3 Å². The van der Waals surface area contributed by atoms with Gasteiger partial charge in [0.2, 0.25) is 11.8 Å². The molecule has 1 heterocycles. The first-order valence-corrected chi connectivity index (χ1v) is 8.49. The summed E-state index contributed by atoms with van der Waals surface area (Å²) in [5.74, 6) is 0.267. The summed E-state index contributed by atoms with van der Waals surface area (Å²) in [4.78, 5) is 29.2. The van der Waals surface area contributed by atoms with E-state index in [2.05, 4.69) is 15.6 Å². The van der Waals surface area contributed by atoms with Gasteiger partial charge in [0.05, 0.1) is 5.41 Å². The number of nitrogens with zero attached hydrogens (tertiary/aromatic N) is 1. The quantitative estimate of drug-likeness (QED) is 0.766. The maximum absolute atomic E-state index is 12.9. The molecule has 1 aromatic heterocycles. The fourth-order valence-corrected chi connectivity index (χ4v) is 3.63. The summed E-state index contributed by atoms with van der Waals surface area (Å²) < 4.78 is 0. The van der Waals surface area contributed by atoms with Crippen molar-refractivity contribution in [3.05, 3.63) is 23.9 Å². The third-order valence-corrected chi connectivity index (χ3v) is 5.76. The number of nitrogens with one attached hydrogen (secondary N) is 2. The molecule has 0 spiro atoms. The Morgan fingerprint density at radius 2 is 2.04 bits per heavy atom. The number of amides is 2. The first-order valence-electron chi connectivity index (χ1n) is 8.49. The third-order valence-electron chi connectivity index (χ3n) is 5.76. The smallest absolute Gasteiger partial charge is 0.226 e. The Bertz CT molecular complexity index is 629. The summed E-state index contributed by atoms with van der Waals surface area (Å²) in [5, 5.41) is 5.87. The van der Waals surface area contributed by atoms with Crippen LogP contribution in [0.15, 0.2) is 18.3 Å².